The van der Waals surface area contributed by atoms with Crippen molar-refractivity contribution >= 4 is 34.7 Å². The number of nitrogens with zero attached hydrogens (tertiary/aromatic N) is 2. The van der Waals surface area contributed by atoms with Gasteiger partial charge in [0.15, 0.2) is 0 Å². The topological polar surface area (TPSA) is 55.1 Å². The number of aliphatic carboxylic acids is 1. The zero-order chi connectivity index (χ0) is 16.4. The average Bonchev–Trinajstić information content (AvgIpc) is 2.83. The molecule has 0 aliphatic carbocycles. The molecule has 0 aliphatic rings. The van der Waals surface area contributed by atoms with Crippen molar-refractivity contribution < 1.29 is 9.90 Å². The summed E-state index contributed by atoms with van der Waals surface area (Å²) in [5, 5.41) is 9.47. The lowest BCUT2D eigenvalue weighted by Crippen LogP contribution is -2.02. The van der Waals surface area contributed by atoms with Gasteiger partial charge in [-0.05, 0) is 42.3 Å². The van der Waals surface area contributed by atoms with E-state index in [1.54, 1.807) is 6.08 Å². The summed E-state index contributed by atoms with van der Waals surface area (Å²) in [7, 11) is 0. The van der Waals surface area contributed by atoms with Crippen LogP contribution in [-0.2, 0) is 11.3 Å². The van der Waals surface area contributed by atoms with Crippen LogP contribution in [0.1, 0.15) is 17.0 Å². The maximum Gasteiger partial charge on any atom is 0.328 e. The molecular formula is C18H15ClN2O2. The lowest BCUT2D eigenvalue weighted by atomic mass is 10.1. The normalized spacial score (nSPS) is 11.4. The van der Waals surface area contributed by atoms with E-state index in [1.165, 1.54) is 0 Å². The van der Waals surface area contributed by atoms with Crippen LogP contribution in [0.4, 0.5) is 0 Å². The quantitative estimate of drug-likeness (QED) is 0.733. The molecule has 1 aromatic heterocycles. The van der Waals surface area contributed by atoms with E-state index >= 15 is 0 Å². The van der Waals surface area contributed by atoms with Gasteiger partial charge >= 0.3 is 5.97 Å². The highest BCUT2D eigenvalue weighted by Gasteiger charge is 2.09. The van der Waals surface area contributed by atoms with Gasteiger partial charge in [-0.25, -0.2) is 9.78 Å². The van der Waals surface area contributed by atoms with Crippen LogP contribution in [0.3, 0.4) is 0 Å². The van der Waals surface area contributed by atoms with Gasteiger partial charge in [0.25, 0.3) is 0 Å². The maximum absolute atomic E-state index is 10.7. The van der Waals surface area contributed by atoms with Crippen LogP contribution in [0.5, 0.6) is 0 Å². The fourth-order valence-corrected chi connectivity index (χ4v) is 2.72. The van der Waals surface area contributed by atoms with Crippen molar-refractivity contribution in [2.24, 2.45) is 0 Å². The first kappa shape index (κ1) is 15.3. The molecule has 0 saturated carbocycles. The smallest absolute Gasteiger partial charge is 0.328 e. The van der Waals surface area contributed by atoms with Crippen molar-refractivity contribution in [3.05, 3.63) is 70.5 Å². The Kier molecular flexibility index (Phi) is 4.17. The van der Waals surface area contributed by atoms with Crippen LogP contribution in [0.25, 0.3) is 17.1 Å². The van der Waals surface area contributed by atoms with Crippen molar-refractivity contribution in [1.29, 1.82) is 0 Å². The highest BCUT2D eigenvalue weighted by molar-refractivity contribution is 6.31. The summed E-state index contributed by atoms with van der Waals surface area (Å²) in [6.45, 7) is 2.57. The first-order valence-electron chi connectivity index (χ1n) is 7.16. The van der Waals surface area contributed by atoms with Crippen molar-refractivity contribution in [1.82, 2.24) is 9.55 Å². The van der Waals surface area contributed by atoms with Gasteiger partial charge in [0, 0.05) is 11.1 Å². The molecule has 0 bridgehead atoms. The number of halogens is 1. The molecule has 5 heteroatoms. The molecule has 0 amide bonds. The molecule has 0 aliphatic heterocycles. The molecular weight excluding hydrogens is 312 g/mol. The Labute approximate surface area is 138 Å². The standard InChI is InChI=1S/C18H15ClN2O2/c1-12-20-16-8-6-13(7-9-18(22)23)10-17(16)21(12)11-14-4-2-3-5-15(14)19/h2-10H,11H2,1H3,(H,22,23)/b9-7+. The molecule has 0 spiro atoms. The number of benzene rings is 2. The predicted molar refractivity (Wildman–Crippen MR) is 91.7 cm³/mol. The van der Waals surface area contributed by atoms with Crippen LogP contribution in [-0.4, -0.2) is 20.6 Å². The van der Waals surface area contributed by atoms with Crippen molar-refractivity contribution in [2.45, 2.75) is 13.5 Å². The van der Waals surface area contributed by atoms with Gasteiger partial charge in [-0.3, -0.25) is 0 Å². The summed E-state index contributed by atoms with van der Waals surface area (Å²) in [6.07, 6.45) is 2.70. The first-order valence-corrected chi connectivity index (χ1v) is 7.53. The molecule has 3 aromatic rings. The molecule has 1 N–H and O–H groups in total. The Balaban J connectivity index is 2.05. The minimum atomic E-state index is -0.967. The van der Waals surface area contributed by atoms with Gasteiger partial charge in [0.2, 0.25) is 0 Å². The minimum absolute atomic E-state index is 0.619. The van der Waals surface area contributed by atoms with Gasteiger partial charge in [-0.2, -0.15) is 0 Å². The van der Waals surface area contributed by atoms with Crippen LogP contribution in [0.15, 0.2) is 48.5 Å². The number of carboxylic acid groups (broad SMARTS) is 1. The van der Waals surface area contributed by atoms with E-state index in [2.05, 4.69) is 9.55 Å². The molecule has 0 unspecified atom stereocenters. The fraction of sp³-hybridized carbons (Fsp3) is 0.111. The molecule has 2 aromatic carbocycles. The Morgan fingerprint density at radius 3 is 2.83 bits per heavy atom. The van der Waals surface area contributed by atoms with Gasteiger partial charge in [0.05, 0.1) is 17.6 Å². The van der Waals surface area contributed by atoms with E-state index in [-0.39, 0.29) is 0 Å². The fourth-order valence-electron chi connectivity index (χ4n) is 2.53. The summed E-state index contributed by atoms with van der Waals surface area (Å²) in [5.41, 5.74) is 3.67. The number of hydrogen-bond donors (Lipinski definition) is 1. The van der Waals surface area contributed by atoms with Crippen molar-refractivity contribution in [2.75, 3.05) is 0 Å². The van der Waals surface area contributed by atoms with Crippen LogP contribution < -0.4 is 0 Å². The molecule has 0 atom stereocenters. The Bertz CT molecular complexity index is 913. The number of carboxylic acids is 1. The first-order chi connectivity index (χ1) is 11.0. The highest BCUT2D eigenvalue weighted by atomic mass is 35.5. The van der Waals surface area contributed by atoms with Crippen LogP contribution in [0, 0.1) is 6.92 Å². The van der Waals surface area contributed by atoms with Crippen molar-refractivity contribution in [3.63, 3.8) is 0 Å². The SMILES string of the molecule is Cc1nc2ccc(/C=C/C(=O)O)cc2n1Cc1ccccc1Cl. The second-order valence-electron chi connectivity index (χ2n) is 5.26. The molecule has 23 heavy (non-hydrogen) atoms. The molecule has 116 valence electrons. The van der Waals surface area contributed by atoms with Gasteiger partial charge in [-0.1, -0.05) is 35.9 Å². The number of hydrogen-bond acceptors (Lipinski definition) is 2. The summed E-state index contributed by atoms with van der Waals surface area (Å²) >= 11 is 6.25. The number of carbonyl (C=O) groups is 1. The monoisotopic (exact) mass is 326 g/mol. The Morgan fingerprint density at radius 1 is 1.30 bits per heavy atom. The van der Waals surface area contributed by atoms with E-state index in [4.69, 9.17) is 16.7 Å². The Morgan fingerprint density at radius 2 is 2.09 bits per heavy atom. The number of fused-ring (bicyclic) bond motifs is 1. The molecule has 0 saturated heterocycles. The second-order valence-corrected chi connectivity index (χ2v) is 5.66. The molecule has 0 radical (unpaired) electrons. The van der Waals surface area contributed by atoms with Crippen LogP contribution in [0.2, 0.25) is 5.02 Å². The number of imidazole rings is 1. The predicted octanol–water partition coefficient (Wildman–Crippen LogP) is 4.14. The summed E-state index contributed by atoms with van der Waals surface area (Å²) in [6, 6.07) is 13.4. The zero-order valence-electron chi connectivity index (χ0n) is 12.5. The van der Waals surface area contributed by atoms with Gasteiger partial charge < -0.3 is 9.67 Å². The zero-order valence-corrected chi connectivity index (χ0v) is 13.3. The minimum Gasteiger partial charge on any atom is -0.478 e. The van der Waals surface area contributed by atoms with E-state index in [0.717, 1.165) is 39.1 Å². The van der Waals surface area contributed by atoms with E-state index < -0.39 is 5.97 Å². The molecule has 3 rings (SSSR count). The lowest BCUT2D eigenvalue weighted by molar-refractivity contribution is -0.131. The number of aromatic nitrogens is 2. The summed E-state index contributed by atoms with van der Waals surface area (Å²) < 4.78 is 2.08. The van der Waals surface area contributed by atoms with Crippen molar-refractivity contribution in [3.8, 4) is 0 Å². The molecule has 0 fully saturated rings. The summed E-state index contributed by atoms with van der Waals surface area (Å²) in [5.74, 6) is -0.0786. The number of aryl methyl sites for hydroxylation is 1. The van der Waals surface area contributed by atoms with E-state index in [1.807, 2.05) is 49.4 Å². The highest BCUT2D eigenvalue weighted by Crippen LogP contribution is 2.22. The Hall–Kier alpha value is -2.59. The van der Waals surface area contributed by atoms with Gasteiger partial charge in [-0.15, -0.1) is 0 Å². The van der Waals surface area contributed by atoms with E-state index in [0.29, 0.717) is 6.54 Å². The third-order valence-corrected chi connectivity index (χ3v) is 4.04. The third-order valence-electron chi connectivity index (χ3n) is 3.67. The molecule has 1 heterocycles. The third kappa shape index (κ3) is 3.27. The average molecular weight is 327 g/mol. The number of rotatable bonds is 4. The molecule has 4 nitrogen and oxygen atoms in total. The van der Waals surface area contributed by atoms with Gasteiger partial charge in [0.1, 0.15) is 5.82 Å². The van der Waals surface area contributed by atoms with E-state index in [9.17, 15) is 4.79 Å². The van der Waals surface area contributed by atoms with Crippen LogP contribution >= 0.6 is 11.6 Å². The largest absolute Gasteiger partial charge is 0.478 e. The lowest BCUT2D eigenvalue weighted by Gasteiger charge is -2.09. The second kappa shape index (κ2) is 6.26. The summed E-state index contributed by atoms with van der Waals surface area (Å²) in [4.78, 5) is 15.2. The maximum atomic E-state index is 10.7.